The predicted molar refractivity (Wildman–Crippen MR) is 131 cm³/mol. The minimum Gasteiger partial charge on any atom is -0.493 e. The first-order valence-electron chi connectivity index (χ1n) is 11.6. The summed E-state index contributed by atoms with van der Waals surface area (Å²) in [5.74, 6) is -0.900. The number of hydrogen-bond acceptors (Lipinski definition) is 9. The molecule has 1 heterocycles. The summed E-state index contributed by atoms with van der Waals surface area (Å²) in [5, 5.41) is 5.29. The van der Waals surface area contributed by atoms with E-state index in [1.165, 1.54) is 42.4 Å². The molecule has 0 radical (unpaired) electrons. The minimum atomic E-state index is -0.951. The summed E-state index contributed by atoms with van der Waals surface area (Å²) in [6, 6.07) is 8.54. The Morgan fingerprint density at radius 1 is 0.865 bits per heavy atom. The van der Waals surface area contributed by atoms with Gasteiger partial charge in [-0.25, -0.2) is 24.4 Å². The van der Waals surface area contributed by atoms with Crippen LogP contribution in [0, 0.1) is 0 Å². The van der Waals surface area contributed by atoms with Crippen LogP contribution in [0.1, 0.15) is 41.0 Å². The topological polar surface area (TPSA) is 133 Å². The molecule has 1 aliphatic heterocycles. The zero-order valence-electron chi connectivity index (χ0n) is 21.1. The lowest BCUT2D eigenvalue weighted by molar-refractivity contribution is 0.0403. The van der Waals surface area contributed by atoms with Crippen molar-refractivity contribution >= 4 is 29.8 Å². The number of benzene rings is 2. The highest BCUT2D eigenvalue weighted by atomic mass is 16.7. The van der Waals surface area contributed by atoms with Crippen LogP contribution in [-0.4, -0.2) is 74.6 Å². The van der Waals surface area contributed by atoms with Crippen molar-refractivity contribution in [3.63, 3.8) is 0 Å². The Bertz CT molecular complexity index is 1140. The zero-order valence-corrected chi connectivity index (χ0v) is 21.1. The fourth-order valence-electron chi connectivity index (χ4n) is 3.64. The van der Waals surface area contributed by atoms with E-state index in [1.807, 2.05) is 0 Å². The quantitative estimate of drug-likeness (QED) is 0.413. The maximum absolute atomic E-state index is 13.4. The van der Waals surface area contributed by atoms with Crippen molar-refractivity contribution in [2.75, 3.05) is 45.8 Å². The molecule has 198 valence electrons. The molecule has 1 aliphatic rings. The Labute approximate surface area is 213 Å². The third kappa shape index (κ3) is 6.40. The summed E-state index contributed by atoms with van der Waals surface area (Å²) in [4.78, 5) is 50.3. The number of hydrogen-bond donors (Lipinski definition) is 1. The molecule has 0 aromatic heterocycles. The molecule has 0 saturated carbocycles. The van der Waals surface area contributed by atoms with Gasteiger partial charge >= 0.3 is 18.2 Å². The Balaban J connectivity index is 1.81. The van der Waals surface area contributed by atoms with Crippen molar-refractivity contribution < 1.29 is 42.9 Å². The van der Waals surface area contributed by atoms with Gasteiger partial charge in [-0.2, -0.15) is 0 Å². The molecule has 1 saturated heterocycles. The SMILES string of the molecule is CCOC(=O)Oc1c(OC)cc(C(=O)N2CCCN2C(=O)Nc2cccc(C(=O)OCC)c2)cc1OC. The van der Waals surface area contributed by atoms with Gasteiger partial charge in [0.25, 0.3) is 5.91 Å². The Morgan fingerprint density at radius 3 is 2.14 bits per heavy atom. The van der Waals surface area contributed by atoms with Crippen molar-refractivity contribution in [1.82, 2.24) is 10.0 Å². The molecule has 0 bridgehead atoms. The van der Waals surface area contributed by atoms with Gasteiger partial charge in [-0.05, 0) is 50.6 Å². The standard InChI is InChI=1S/C25H29N3O9/c1-5-35-23(30)16-9-7-10-18(13-16)26-24(31)28-12-8-11-27(28)22(29)17-14-19(33-3)21(20(15-17)34-4)37-25(32)36-6-2/h7,9-10,13-15H,5-6,8,11-12H2,1-4H3,(H,26,31). The van der Waals surface area contributed by atoms with Crippen LogP contribution in [0.4, 0.5) is 15.3 Å². The van der Waals surface area contributed by atoms with Gasteiger partial charge in [-0.15, -0.1) is 0 Å². The third-order valence-corrected chi connectivity index (χ3v) is 5.28. The number of urea groups is 1. The second-order valence-electron chi connectivity index (χ2n) is 7.63. The summed E-state index contributed by atoms with van der Waals surface area (Å²) < 4.78 is 25.6. The number of anilines is 1. The number of ether oxygens (including phenoxy) is 5. The average Bonchev–Trinajstić information content (AvgIpc) is 3.39. The Kier molecular flexibility index (Phi) is 9.14. The molecule has 0 unspecified atom stereocenters. The number of rotatable bonds is 8. The summed E-state index contributed by atoms with van der Waals surface area (Å²) >= 11 is 0. The third-order valence-electron chi connectivity index (χ3n) is 5.28. The van der Waals surface area contributed by atoms with Crippen LogP contribution in [0.2, 0.25) is 0 Å². The first-order chi connectivity index (χ1) is 17.8. The molecule has 0 spiro atoms. The van der Waals surface area contributed by atoms with Gasteiger partial charge in [-0.3, -0.25) is 4.79 Å². The molecule has 3 amide bonds. The monoisotopic (exact) mass is 515 g/mol. The smallest absolute Gasteiger partial charge is 0.493 e. The van der Waals surface area contributed by atoms with Crippen LogP contribution < -0.4 is 19.5 Å². The van der Waals surface area contributed by atoms with E-state index in [2.05, 4.69) is 5.32 Å². The maximum atomic E-state index is 13.4. The molecule has 0 aliphatic carbocycles. The highest BCUT2D eigenvalue weighted by Crippen LogP contribution is 2.39. The zero-order chi connectivity index (χ0) is 26.9. The van der Waals surface area contributed by atoms with Gasteiger partial charge in [0.1, 0.15) is 0 Å². The molecule has 1 fully saturated rings. The first kappa shape index (κ1) is 27.1. The van der Waals surface area contributed by atoms with E-state index in [0.29, 0.717) is 30.8 Å². The minimum absolute atomic E-state index is 0.0440. The number of carbonyl (C=O) groups excluding carboxylic acids is 4. The molecule has 2 aromatic rings. The van der Waals surface area contributed by atoms with E-state index < -0.39 is 24.1 Å². The highest BCUT2D eigenvalue weighted by molar-refractivity contribution is 5.99. The molecule has 0 atom stereocenters. The number of carbonyl (C=O) groups is 4. The van der Waals surface area contributed by atoms with Crippen molar-refractivity contribution in [1.29, 1.82) is 0 Å². The van der Waals surface area contributed by atoms with Crippen LogP contribution in [0.3, 0.4) is 0 Å². The van der Waals surface area contributed by atoms with E-state index in [-0.39, 0.29) is 36.0 Å². The van der Waals surface area contributed by atoms with E-state index in [9.17, 15) is 19.2 Å². The van der Waals surface area contributed by atoms with Gasteiger partial charge in [-0.1, -0.05) is 6.07 Å². The van der Waals surface area contributed by atoms with Crippen LogP contribution in [-0.2, 0) is 9.47 Å². The fourth-order valence-corrected chi connectivity index (χ4v) is 3.64. The second-order valence-corrected chi connectivity index (χ2v) is 7.63. The van der Waals surface area contributed by atoms with Crippen LogP contribution in [0.25, 0.3) is 0 Å². The number of hydrazine groups is 1. The molecule has 1 N–H and O–H groups in total. The molecule has 12 nitrogen and oxygen atoms in total. The molecule has 37 heavy (non-hydrogen) atoms. The summed E-state index contributed by atoms with van der Waals surface area (Å²) in [6.45, 7) is 4.27. The van der Waals surface area contributed by atoms with Gasteiger partial charge in [0.15, 0.2) is 11.5 Å². The number of nitrogens with zero attached hydrogens (tertiary/aromatic N) is 2. The Hall–Kier alpha value is -4.48. The van der Waals surface area contributed by atoms with E-state index in [4.69, 9.17) is 23.7 Å². The molecule has 2 aromatic carbocycles. The largest absolute Gasteiger partial charge is 0.514 e. The summed E-state index contributed by atoms with van der Waals surface area (Å²) in [6.07, 6.45) is -0.395. The summed E-state index contributed by atoms with van der Waals surface area (Å²) in [7, 11) is 2.70. The lowest BCUT2D eigenvalue weighted by atomic mass is 10.1. The summed E-state index contributed by atoms with van der Waals surface area (Å²) in [5.41, 5.74) is 0.811. The van der Waals surface area contributed by atoms with Gasteiger partial charge in [0, 0.05) is 24.3 Å². The van der Waals surface area contributed by atoms with Crippen molar-refractivity contribution in [3.8, 4) is 17.2 Å². The van der Waals surface area contributed by atoms with Gasteiger partial charge in [0.05, 0.1) is 33.0 Å². The maximum Gasteiger partial charge on any atom is 0.514 e. The number of amides is 3. The molecular weight excluding hydrogens is 486 g/mol. The lowest BCUT2D eigenvalue weighted by Crippen LogP contribution is -2.46. The Morgan fingerprint density at radius 2 is 1.51 bits per heavy atom. The van der Waals surface area contributed by atoms with Crippen molar-refractivity contribution in [3.05, 3.63) is 47.5 Å². The van der Waals surface area contributed by atoms with E-state index in [0.717, 1.165) is 0 Å². The van der Waals surface area contributed by atoms with Gasteiger partial charge < -0.3 is 29.0 Å². The van der Waals surface area contributed by atoms with Crippen LogP contribution >= 0.6 is 0 Å². The molecule has 12 heteroatoms. The average molecular weight is 516 g/mol. The first-order valence-corrected chi connectivity index (χ1v) is 11.6. The van der Waals surface area contributed by atoms with Crippen molar-refractivity contribution in [2.45, 2.75) is 20.3 Å². The highest BCUT2D eigenvalue weighted by Gasteiger charge is 2.33. The fraction of sp³-hybridized carbons (Fsp3) is 0.360. The lowest BCUT2D eigenvalue weighted by Gasteiger charge is -2.28. The molecular formula is C25H29N3O9. The normalized spacial score (nSPS) is 12.5. The van der Waals surface area contributed by atoms with E-state index >= 15 is 0 Å². The number of esters is 1. The predicted octanol–water partition coefficient (Wildman–Crippen LogP) is 3.71. The van der Waals surface area contributed by atoms with E-state index in [1.54, 1.807) is 32.0 Å². The number of methoxy groups -OCH3 is 2. The van der Waals surface area contributed by atoms with Crippen molar-refractivity contribution in [2.24, 2.45) is 0 Å². The second kappa shape index (κ2) is 12.5. The van der Waals surface area contributed by atoms with Crippen LogP contribution in [0.15, 0.2) is 36.4 Å². The molecule has 3 rings (SSSR count). The van der Waals surface area contributed by atoms with Gasteiger partial charge in [0.2, 0.25) is 5.75 Å². The number of nitrogens with one attached hydrogen (secondary N) is 1. The van der Waals surface area contributed by atoms with Crippen LogP contribution in [0.5, 0.6) is 17.2 Å².